The van der Waals surface area contributed by atoms with Crippen LogP contribution in [-0.2, 0) is 60.4 Å². The van der Waals surface area contributed by atoms with Crippen molar-refractivity contribution in [2.24, 2.45) is 46.3 Å². The monoisotopic (exact) mass is 1990 g/mol. The van der Waals surface area contributed by atoms with Gasteiger partial charge < -0.3 is 48.2 Å². The fourth-order valence-electron chi connectivity index (χ4n) is 15.5. The highest BCUT2D eigenvalue weighted by atomic mass is 127. The van der Waals surface area contributed by atoms with Crippen LogP contribution in [0.2, 0.25) is 0 Å². The minimum absolute atomic E-state index is 0.132. The van der Waals surface area contributed by atoms with Crippen molar-refractivity contribution in [3.05, 3.63) is 172 Å². The molecule has 2 saturated heterocycles. The summed E-state index contributed by atoms with van der Waals surface area (Å²) in [7, 11) is -6.52. The average Bonchev–Trinajstić information content (AvgIpc) is 1.45. The molecule has 105 heavy (non-hydrogen) atoms. The van der Waals surface area contributed by atoms with E-state index in [0.29, 0.717) is 38.5 Å². The number of carboxylic acids is 2. The largest absolute Gasteiger partial charge is 0.741 e. The smallest absolute Gasteiger partial charge is 0.485 e. The van der Waals surface area contributed by atoms with Gasteiger partial charge >= 0.3 is 29.2 Å². The molecule has 4 atom stereocenters. The molecule has 0 amide bonds. The lowest BCUT2D eigenvalue weighted by Crippen LogP contribution is -2.66. The molecule has 574 valence electrons. The van der Waals surface area contributed by atoms with Gasteiger partial charge in [-0.2, -0.15) is 48.3 Å². The van der Waals surface area contributed by atoms with Crippen LogP contribution < -0.4 is 10.2 Å². The predicted molar refractivity (Wildman–Crippen MR) is 394 cm³/mol. The third-order valence-electron chi connectivity index (χ3n) is 20.4. The van der Waals surface area contributed by atoms with E-state index >= 15 is 0 Å². The van der Waals surface area contributed by atoms with Crippen LogP contribution in [-0.4, -0.2) is 117 Å². The van der Waals surface area contributed by atoms with Crippen molar-refractivity contribution in [3.8, 4) is 0 Å². The topological polar surface area (TPSA) is 178 Å². The summed E-state index contributed by atoms with van der Waals surface area (Å²) in [6.45, 7) is 4.50. The highest BCUT2D eigenvalue weighted by Gasteiger charge is 2.71. The van der Waals surface area contributed by atoms with Crippen LogP contribution in [0.3, 0.4) is 0 Å². The van der Waals surface area contributed by atoms with Crippen LogP contribution in [0.25, 0.3) is 0 Å². The summed E-state index contributed by atoms with van der Waals surface area (Å²) in [6.07, 6.45) is 3.96. The lowest BCUT2D eigenvalue weighted by Gasteiger charge is -2.64. The minimum Gasteiger partial charge on any atom is -0.741 e. The van der Waals surface area contributed by atoms with E-state index < -0.39 is 124 Å². The number of carbonyl (C=O) groups is 2. The minimum atomic E-state index is -6.09. The van der Waals surface area contributed by atoms with Gasteiger partial charge in [-0.3, -0.25) is 0 Å². The molecule has 2 aliphatic heterocycles. The predicted octanol–water partition coefficient (Wildman–Crippen LogP) is 16.8. The molecule has 2 heterocycles. The van der Waals surface area contributed by atoms with Gasteiger partial charge in [0.15, 0.2) is 51.1 Å². The van der Waals surface area contributed by atoms with Gasteiger partial charge in [0.2, 0.25) is 0 Å². The molecular weight excluding hydrogens is 1920 g/mol. The van der Waals surface area contributed by atoms with E-state index in [1.54, 1.807) is 0 Å². The Kier molecular flexibility index (Phi) is 28.0. The molecule has 8 aliphatic carbocycles. The third kappa shape index (κ3) is 19.6. The number of benzene rings is 6. The molecule has 0 N–H and O–H groups in total. The van der Waals surface area contributed by atoms with Crippen molar-refractivity contribution in [2.45, 2.75) is 155 Å². The molecule has 8 bridgehead atoms. The fraction of sp³-hybridized carbons (Fsp3) is 0.479. The second-order valence-corrected chi connectivity index (χ2v) is 37.5. The number of nitrogens with zero attached hydrogens (tertiary/aromatic N) is 1. The molecule has 6 aromatic rings. The first kappa shape index (κ1) is 85.7. The lowest BCUT2D eigenvalue weighted by molar-refractivity contribution is -0.367. The van der Waals surface area contributed by atoms with Gasteiger partial charge in [-0.1, -0.05) is 20.8 Å². The zero-order valence-corrected chi connectivity index (χ0v) is 67.5. The number of halogens is 17. The number of carbonyl (C=O) groups excluding carboxylic acids is 2. The van der Waals surface area contributed by atoms with Gasteiger partial charge in [-0.15, -0.1) is 0 Å². The maximum atomic E-state index is 13.6. The van der Waals surface area contributed by atoms with E-state index in [1.807, 2.05) is 24.3 Å². The van der Waals surface area contributed by atoms with Gasteiger partial charge in [0.05, 0.1) is 21.8 Å². The number of hydrogen-bond acceptors (Lipinski definition) is 12. The summed E-state index contributed by atoms with van der Waals surface area (Å²) in [6, 6.07) is 47.9. The van der Waals surface area contributed by atoms with Crippen LogP contribution in [0.15, 0.2) is 175 Å². The van der Waals surface area contributed by atoms with Crippen LogP contribution in [0.5, 0.6) is 0 Å². The zero-order valence-electron chi connectivity index (χ0n) is 56.4. The van der Waals surface area contributed by atoms with Crippen molar-refractivity contribution in [2.75, 3.05) is 46.1 Å². The molecule has 32 heteroatoms. The van der Waals surface area contributed by atoms with Gasteiger partial charge in [0, 0.05) is 60.7 Å². The maximum Gasteiger partial charge on any atom is 0.485 e. The Labute approximate surface area is 660 Å². The first-order chi connectivity index (χ1) is 49.1. The summed E-state index contributed by atoms with van der Waals surface area (Å²) in [5.74, 6) is -24.5. The fourth-order valence-corrected chi connectivity index (χ4v) is 21.0. The van der Waals surface area contributed by atoms with Crippen LogP contribution in [0.4, 0.5) is 57.1 Å². The summed E-state index contributed by atoms with van der Waals surface area (Å²) < 4.78 is 220. The number of ether oxygens (including phenoxy) is 4. The standard InChI is InChI=1S/2C18H12FI2S.2C15H18F4O4.C6H15N.CHF3O3S/c2*19-13-1-7-16(8-2-13)22(17-9-3-14(20)4-10-17)18-11-5-15(21)6-12-18;2*16-13(17)6-22-15(23-7-14(13,18)19)9-1-8-2-10(15)5-12(3-8,4-9)11(20)21;1-4-7(5-2)6-3;2-1(3,4)8(5,6)7/h2*1-12H;2*8-10H,1-7H2,(H,20,21);4-6H2,1-3H3;(H,5,6,7)/q2*+1;;;;/p-3. The first-order valence-corrected chi connectivity index (χ1v) is 41.5. The van der Waals surface area contributed by atoms with E-state index in [4.69, 9.17) is 31.9 Å². The highest BCUT2D eigenvalue weighted by molar-refractivity contribution is 14.1. The second-order valence-electron chi connectivity index (χ2n) is 27.1. The van der Waals surface area contributed by atoms with E-state index in [0.717, 1.165) is 9.79 Å². The Bertz CT molecular complexity index is 3520. The van der Waals surface area contributed by atoms with E-state index in [-0.39, 0.29) is 70.9 Å². The normalized spacial score (nSPS) is 26.4. The first-order valence-electron chi connectivity index (χ1n) is 33.3. The Balaban J connectivity index is 0.000000152. The summed E-state index contributed by atoms with van der Waals surface area (Å²) in [5.41, 5.74) is -7.63. The number of aliphatic carboxylic acids is 2. The van der Waals surface area contributed by atoms with E-state index in [1.165, 1.54) is 77.8 Å². The van der Waals surface area contributed by atoms with Crippen LogP contribution in [0.1, 0.15) is 85.0 Å². The van der Waals surface area contributed by atoms with Crippen molar-refractivity contribution in [1.82, 2.24) is 4.90 Å². The zero-order chi connectivity index (χ0) is 77.1. The molecular formula is C73H73F13I4NO11S3-. The number of hydrogen-bond donors (Lipinski definition) is 0. The molecule has 0 aromatic heterocycles. The Morgan fingerprint density at radius 2 is 0.629 bits per heavy atom. The van der Waals surface area contributed by atoms with E-state index in [9.17, 15) is 76.9 Å². The van der Waals surface area contributed by atoms with Crippen molar-refractivity contribution >= 4 is 134 Å². The molecule has 16 rings (SSSR count). The Morgan fingerprint density at radius 1 is 0.429 bits per heavy atom. The Hall–Kier alpha value is -3.32. The molecule has 6 aromatic carbocycles. The van der Waals surface area contributed by atoms with Crippen molar-refractivity contribution in [3.63, 3.8) is 0 Å². The van der Waals surface area contributed by atoms with Gasteiger partial charge in [0.25, 0.3) is 0 Å². The molecule has 0 radical (unpaired) electrons. The van der Waals surface area contributed by atoms with Gasteiger partial charge in [-0.05, 0) is 332 Å². The SMILES string of the molecule is CCN(CC)CC.Fc1ccc([S+](c2ccc(I)cc2)c2ccc(I)cc2)cc1.Fc1ccc([S+](c2ccc(I)cc2)c2ccc(I)cc2)cc1.O=C([O-])C12CC3CC(C1)C1(OCC(F)(F)C(F)(F)CO1)C(C3)C2.O=C([O-])C12CC3CC(C1)C1(OCC(F)(F)C(F)(F)CO1)C(C3)C2.O=S(=O)([O-])C(F)(F)F. The summed E-state index contributed by atoms with van der Waals surface area (Å²) in [4.78, 5) is 32.7. The maximum absolute atomic E-state index is 13.6. The van der Waals surface area contributed by atoms with Crippen molar-refractivity contribution < 1.29 is 109 Å². The molecule has 12 nitrogen and oxygen atoms in total. The summed E-state index contributed by atoms with van der Waals surface area (Å²) in [5, 5.41) is 23.1. The lowest BCUT2D eigenvalue weighted by atomic mass is 9.47. The average molecular weight is 1990 g/mol. The van der Waals surface area contributed by atoms with Crippen LogP contribution in [0, 0.1) is 72.3 Å². The Morgan fingerprint density at radius 3 is 0.800 bits per heavy atom. The van der Waals surface area contributed by atoms with Crippen LogP contribution >= 0.6 is 90.4 Å². The molecule has 2 spiro atoms. The highest BCUT2D eigenvalue weighted by Crippen LogP contribution is 2.67. The quantitative estimate of drug-likeness (QED) is 0.0395. The molecule has 8 saturated carbocycles. The van der Waals surface area contributed by atoms with Gasteiger partial charge in [0.1, 0.15) is 38.1 Å². The number of carboxylic acid groups (broad SMARTS) is 2. The van der Waals surface area contributed by atoms with E-state index in [2.05, 4.69) is 213 Å². The molecule has 10 fully saturated rings. The number of alkyl halides is 11. The third-order valence-corrected chi connectivity index (χ3v) is 28.3. The number of rotatable bonds is 11. The molecule has 10 aliphatic rings. The van der Waals surface area contributed by atoms with Gasteiger partial charge in [-0.25, -0.2) is 17.2 Å². The molecule has 4 unspecified atom stereocenters. The second kappa shape index (κ2) is 34.3. The summed E-state index contributed by atoms with van der Waals surface area (Å²) >= 11 is 9.24. The van der Waals surface area contributed by atoms with Crippen molar-refractivity contribution in [1.29, 1.82) is 0 Å².